The minimum atomic E-state index is 0. The van der Waals surface area contributed by atoms with Crippen LogP contribution in [0.25, 0.3) is 0 Å². The highest BCUT2D eigenvalue weighted by Gasteiger charge is 2.31. The third-order valence-electron chi connectivity index (χ3n) is 4.78. The minimum absolute atomic E-state index is 0. The highest BCUT2D eigenvalue weighted by Crippen LogP contribution is 2.21. The maximum atomic E-state index is 12.4. The summed E-state index contributed by atoms with van der Waals surface area (Å²) in [7, 11) is 1.65. The summed E-state index contributed by atoms with van der Waals surface area (Å²) in [5.41, 5.74) is 2.02. The Bertz CT molecular complexity index is 830. The molecule has 2 aromatic rings. The van der Waals surface area contributed by atoms with Crippen molar-refractivity contribution in [3.63, 3.8) is 0 Å². The zero-order chi connectivity index (χ0) is 21.2. The van der Waals surface area contributed by atoms with E-state index in [1.807, 2.05) is 66.4 Å². The Hall–Kier alpha value is -2.33. The van der Waals surface area contributed by atoms with Crippen molar-refractivity contribution in [3.05, 3.63) is 60.2 Å². The predicted octanol–water partition coefficient (Wildman–Crippen LogP) is 3.19. The summed E-state index contributed by atoms with van der Waals surface area (Å²) in [5.74, 6) is 1.65. The van der Waals surface area contributed by atoms with E-state index in [9.17, 15) is 4.79 Å². The number of rotatable bonds is 9. The average molecular weight is 538 g/mol. The number of hydrogen-bond acceptors (Lipinski definition) is 4. The van der Waals surface area contributed by atoms with E-state index >= 15 is 0 Å². The van der Waals surface area contributed by atoms with Crippen LogP contribution in [0.5, 0.6) is 5.75 Å². The fourth-order valence-corrected chi connectivity index (χ4v) is 3.28. The highest BCUT2D eigenvalue weighted by molar-refractivity contribution is 14.0. The number of hydrogen-bond donors (Lipinski definition) is 2. The molecule has 0 aromatic heterocycles. The standard InChI is InChI=1S/C23H30N4O3.HI/c1-3-24-23(25-16-18-9-11-21(12-10-18)30-14-13-29-2)26-19-15-22(28)27(17-19)20-7-5-4-6-8-20;/h4-12,19H,3,13-17H2,1-2H3,(H2,24,25,26);1H. The molecular formula is C23H31IN4O3. The first-order valence-electron chi connectivity index (χ1n) is 10.3. The number of ether oxygens (including phenoxy) is 2. The predicted molar refractivity (Wildman–Crippen MR) is 134 cm³/mol. The molecule has 1 heterocycles. The first kappa shape index (κ1) is 24.9. The topological polar surface area (TPSA) is 75.2 Å². The first-order chi connectivity index (χ1) is 14.7. The van der Waals surface area contributed by atoms with Gasteiger partial charge in [0, 0.05) is 32.3 Å². The normalized spacial score (nSPS) is 16.1. The van der Waals surface area contributed by atoms with Gasteiger partial charge in [-0.1, -0.05) is 30.3 Å². The third kappa shape index (κ3) is 7.70. The van der Waals surface area contributed by atoms with Crippen LogP contribution in [0.15, 0.2) is 59.6 Å². The first-order valence-corrected chi connectivity index (χ1v) is 10.3. The number of nitrogens with one attached hydrogen (secondary N) is 2. The summed E-state index contributed by atoms with van der Waals surface area (Å²) in [4.78, 5) is 18.9. The van der Waals surface area contributed by atoms with Crippen molar-refractivity contribution in [2.45, 2.75) is 25.9 Å². The molecule has 3 rings (SSSR count). The molecule has 0 spiro atoms. The van der Waals surface area contributed by atoms with Crippen molar-refractivity contribution in [3.8, 4) is 5.75 Å². The van der Waals surface area contributed by atoms with Gasteiger partial charge >= 0.3 is 0 Å². The lowest BCUT2D eigenvalue weighted by atomic mass is 10.2. The number of para-hydroxylation sites is 1. The van der Waals surface area contributed by atoms with Gasteiger partial charge in [0.15, 0.2) is 5.96 Å². The Morgan fingerprint density at radius 1 is 1.13 bits per heavy atom. The Balaban J connectivity index is 0.00000341. The smallest absolute Gasteiger partial charge is 0.229 e. The fraction of sp³-hybridized carbons (Fsp3) is 0.391. The van der Waals surface area contributed by atoms with Gasteiger partial charge in [-0.15, -0.1) is 24.0 Å². The van der Waals surface area contributed by atoms with Crippen LogP contribution < -0.4 is 20.3 Å². The molecule has 31 heavy (non-hydrogen) atoms. The summed E-state index contributed by atoms with van der Waals surface area (Å²) in [6, 6.07) is 17.7. The largest absolute Gasteiger partial charge is 0.491 e. The fourth-order valence-electron chi connectivity index (χ4n) is 3.28. The molecule has 8 heteroatoms. The molecule has 0 aliphatic carbocycles. The SMILES string of the molecule is CCNC(=NCc1ccc(OCCOC)cc1)NC1CC(=O)N(c2ccccc2)C1.I. The number of halogens is 1. The minimum Gasteiger partial charge on any atom is -0.491 e. The van der Waals surface area contributed by atoms with E-state index in [0.717, 1.165) is 23.5 Å². The molecule has 1 unspecified atom stereocenters. The number of benzene rings is 2. The molecule has 2 aromatic carbocycles. The zero-order valence-electron chi connectivity index (χ0n) is 18.0. The number of carbonyl (C=O) groups excluding carboxylic acids is 1. The highest BCUT2D eigenvalue weighted by atomic mass is 127. The maximum absolute atomic E-state index is 12.4. The number of nitrogens with zero attached hydrogens (tertiary/aromatic N) is 2. The third-order valence-corrected chi connectivity index (χ3v) is 4.78. The van der Waals surface area contributed by atoms with Gasteiger partial charge in [-0.05, 0) is 36.8 Å². The van der Waals surface area contributed by atoms with E-state index in [-0.39, 0.29) is 35.9 Å². The summed E-state index contributed by atoms with van der Waals surface area (Å²) < 4.78 is 10.6. The molecule has 0 radical (unpaired) electrons. The maximum Gasteiger partial charge on any atom is 0.229 e. The van der Waals surface area contributed by atoms with Gasteiger partial charge in [0.05, 0.1) is 19.2 Å². The molecule has 1 aliphatic heterocycles. The number of carbonyl (C=O) groups is 1. The van der Waals surface area contributed by atoms with Crippen LogP contribution in [0.4, 0.5) is 5.69 Å². The van der Waals surface area contributed by atoms with Crippen molar-refractivity contribution >= 4 is 41.5 Å². The van der Waals surface area contributed by atoms with Crippen LogP contribution in [-0.2, 0) is 16.1 Å². The Morgan fingerprint density at radius 3 is 2.55 bits per heavy atom. The molecule has 1 fully saturated rings. The summed E-state index contributed by atoms with van der Waals surface area (Å²) in [5, 5.41) is 6.67. The molecule has 1 amide bonds. The Kier molecular flexibility index (Phi) is 10.6. The Morgan fingerprint density at radius 2 is 1.87 bits per heavy atom. The second-order valence-electron chi connectivity index (χ2n) is 7.07. The zero-order valence-corrected chi connectivity index (χ0v) is 20.4. The van der Waals surface area contributed by atoms with Gasteiger partial charge in [0.2, 0.25) is 5.91 Å². The number of anilines is 1. The summed E-state index contributed by atoms with van der Waals surface area (Å²) in [6.07, 6.45) is 0.451. The lowest BCUT2D eigenvalue weighted by Crippen LogP contribution is -2.44. The van der Waals surface area contributed by atoms with Gasteiger partial charge in [0.25, 0.3) is 0 Å². The van der Waals surface area contributed by atoms with Gasteiger partial charge < -0.3 is 25.0 Å². The molecule has 1 aliphatic rings. The van der Waals surface area contributed by atoms with Crippen molar-refractivity contribution in [2.75, 3.05) is 38.3 Å². The van der Waals surface area contributed by atoms with E-state index in [4.69, 9.17) is 9.47 Å². The molecular weight excluding hydrogens is 507 g/mol. The Labute approximate surface area is 201 Å². The quantitative estimate of drug-likeness (QED) is 0.222. The summed E-state index contributed by atoms with van der Waals surface area (Å²) in [6.45, 7) is 5.04. The van der Waals surface area contributed by atoms with Crippen molar-refractivity contribution in [1.29, 1.82) is 0 Å². The van der Waals surface area contributed by atoms with Gasteiger partial charge in [-0.25, -0.2) is 4.99 Å². The van der Waals surface area contributed by atoms with E-state index in [1.165, 1.54) is 0 Å². The van der Waals surface area contributed by atoms with Crippen LogP contribution in [0.1, 0.15) is 18.9 Å². The molecule has 168 valence electrons. The van der Waals surface area contributed by atoms with Gasteiger partial charge in [-0.3, -0.25) is 4.79 Å². The van der Waals surface area contributed by atoms with Crippen molar-refractivity contribution in [1.82, 2.24) is 10.6 Å². The molecule has 0 bridgehead atoms. The monoisotopic (exact) mass is 538 g/mol. The lowest BCUT2D eigenvalue weighted by Gasteiger charge is -2.19. The van der Waals surface area contributed by atoms with Crippen LogP contribution in [0, 0.1) is 0 Å². The van der Waals surface area contributed by atoms with E-state index in [0.29, 0.717) is 38.7 Å². The van der Waals surface area contributed by atoms with Gasteiger partial charge in [0.1, 0.15) is 12.4 Å². The van der Waals surface area contributed by atoms with Crippen LogP contribution in [0.3, 0.4) is 0 Å². The second kappa shape index (κ2) is 13.2. The molecule has 2 N–H and O–H groups in total. The molecule has 1 saturated heterocycles. The lowest BCUT2D eigenvalue weighted by molar-refractivity contribution is -0.117. The number of aliphatic imine (C=N–C) groups is 1. The molecule has 0 saturated carbocycles. The van der Waals surface area contributed by atoms with Crippen molar-refractivity contribution in [2.24, 2.45) is 4.99 Å². The van der Waals surface area contributed by atoms with Crippen LogP contribution >= 0.6 is 24.0 Å². The average Bonchev–Trinajstić information content (AvgIpc) is 3.14. The van der Waals surface area contributed by atoms with Crippen LogP contribution in [0.2, 0.25) is 0 Å². The van der Waals surface area contributed by atoms with E-state index < -0.39 is 0 Å². The van der Waals surface area contributed by atoms with Crippen LogP contribution in [-0.4, -0.2) is 51.3 Å². The number of guanidine groups is 1. The summed E-state index contributed by atoms with van der Waals surface area (Å²) >= 11 is 0. The second-order valence-corrected chi connectivity index (χ2v) is 7.07. The molecule has 1 atom stereocenters. The number of methoxy groups -OCH3 is 1. The van der Waals surface area contributed by atoms with E-state index in [2.05, 4.69) is 15.6 Å². The van der Waals surface area contributed by atoms with Gasteiger partial charge in [-0.2, -0.15) is 0 Å². The van der Waals surface area contributed by atoms with Crippen molar-refractivity contribution < 1.29 is 14.3 Å². The number of amides is 1. The van der Waals surface area contributed by atoms with E-state index in [1.54, 1.807) is 7.11 Å². The molecule has 7 nitrogen and oxygen atoms in total.